The SMILES string of the molecule is O=Cc1nccn1Cc1ccccc1CC(=O)O. The van der Waals surface area contributed by atoms with Crippen molar-refractivity contribution in [2.75, 3.05) is 0 Å². The second kappa shape index (κ2) is 5.27. The number of aliphatic carboxylic acids is 1. The first-order chi connectivity index (χ1) is 8.70. The highest BCUT2D eigenvalue weighted by atomic mass is 16.4. The first kappa shape index (κ1) is 12.0. The molecule has 0 fully saturated rings. The molecule has 0 saturated carbocycles. The van der Waals surface area contributed by atoms with Crippen LogP contribution in [0.3, 0.4) is 0 Å². The molecule has 0 aliphatic heterocycles. The van der Waals surface area contributed by atoms with E-state index in [-0.39, 0.29) is 6.42 Å². The summed E-state index contributed by atoms with van der Waals surface area (Å²) in [5.74, 6) is -0.538. The average Bonchev–Trinajstić information content (AvgIpc) is 2.78. The van der Waals surface area contributed by atoms with Gasteiger partial charge in [0.25, 0.3) is 0 Å². The number of imidazole rings is 1. The number of hydrogen-bond acceptors (Lipinski definition) is 3. The summed E-state index contributed by atoms with van der Waals surface area (Å²) in [5.41, 5.74) is 1.62. The molecule has 5 heteroatoms. The van der Waals surface area contributed by atoms with E-state index in [1.807, 2.05) is 12.1 Å². The molecular weight excluding hydrogens is 232 g/mol. The van der Waals surface area contributed by atoms with Gasteiger partial charge in [-0.15, -0.1) is 0 Å². The van der Waals surface area contributed by atoms with Gasteiger partial charge in [0.2, 0.25) is 0 Å². The second-order valence-electron chi connectivity index (χ2n) is 3.87. The monoisotopic (exact) mass is 244 g/mol. The molecule has 2 rings (SSSR count). The number of nitrogens with zero attached hydrogens (tertiary/aromatic N) is 2. The van der Waals surface area contributed by atoms with Gasteiger partial charge in [0.1, 0.15) is 0 Å². The molecule has 92 valence electrons. The van der Waals surface area contributed by atoms with Crippen LogP contribution >= 0.6 is 0 Å². The Balaban J connectivity index is 2.28. The molecule has 0 saturated heterocycles. The average molecular weight is 244 g/mol. The van der Waals surface area contributed by atoms with E-state index >= 15 is 0 Å². The summed E-state index contributed by atoms with van der Waals surface area (Å²) >= 11 is 0. The molecule has 0 atom stereocenters. The highest BCUT2D eigenvalue weighted by molar-refractivity contribution is 5.71. The molecule has 0 aliphatic rings. The van der Waals surface area contributed by atoms with Crippen LogP contribution in [0.4, 0.5) is 0 Å². The standard InChI is InChI=1S/C13H12N2O3/c16-9-12-14-5-6-15(12)8-11-4-2-1-3-10(11)7-13(17)18/h1-6,9H,7-8H2,(H,17,18). The fourth-order valence-electron chi connectivity index (χ4n) is 1.80. The van der Waals surface area contributed by atoms with Crippen molar-refractivity contribution in [1.82, 2.24) is 9.55 Å². The number of hydrogen-bond donors (Lipinski definition) is 1. The lowest BCUT2D eigenvalue weighted by molar-refractivity contribution is -0.136. The molecule has 1 N–H and O–H groups in total. The minimum absolute atomic E-state index is 0.0265. The molecule has 0 radical (unpaired) electrons. The molecule has 0 spiro atoms. The van der Waals surface area contributed by atoms with Gasteiger partial charge < -0.3 is 9.67 Å². The zero-order chi connectivity index (χ0) is 13.0. The van der Waals surface area contributed by atoms with Crippen LogP contribution in [0.1, 0.15) is 21.7 Å². The van der Waals surface area contributed by atoms with Crippen molar-refractivity contribution in [3.05, 3.63) is 53.6 Å². The quantitative estimate of drug-likeness (QED) is 0.806. The fourth-order valence-corrected chi connectivity index (χ4v) is 1.80. The predicted molar refractivity (Wildman–Crippen MR) is 64.5 cm³/mol. The third-order valence-electron chi connectivity index (χ3n) is 2.65. The fraction of sp³-hybridized carbons (Fsp3) is 0.154. The summed E-state index contributed by atoms with van der Waals surface area (Å²) in [5, 5.41) is 8.84. The topological polar surface area (TPSA) is 72.2 Å². The van der Waals surface area contributed by atoms with Gasteiger partial charge in [0.05, 0.1) is 6.42 Å². The Labute approximate surface area is 104 Å². The van der Waals surface area contributed by atoms with Gasteiger partial charge in [0.15, 0.2) is 12.1 Å². The Morgan fingerprint density at radius 1 is 1.33 bits per heavy atom. The summed E-state index contributed by atoms with van der Waals surface area (Å²) in [6, 6.07) is 7.28. The van der Waals surface area contributed by atoms with Crippen LogP contribution in [0.15, 0.2) is 36.7 Å². The lowest BCUT2D eigenvalue weighted by atomic mass is 10.0. The van der Waals surface area contributed by atoms with E-state index < -0.39 is 5.97 Å². The molecule has 5 nitrogen and oxygen atoms in total. The van der Waals surface area contributed by atoms with Crippen molar-refractivity contribution in [1.29, 1.82) is 0 Å². The minimum Gasteiger partial charge on any atom is -0.481 e. The molecule has 0 aliphatic carbocycles. The van der Waals surface area contributed by atoms with E-state index in [0.29, 0.717) is 18.7 Å². The first-order valence-electron chi connectivity index (χ1n) is 5.45. The van der Waals surface area contributed by atoms with E-state index in [4.69, 9.17) is 5.11 Å². The molecule has 1 aromatic carbocycles. The largest absolute Gasteiger partial charge is 0.481 e. The van der Waals surface area contributed by atoms with E-state index in [0.717, 1.165) is 11.1 Å². The summed E-state index contributed by atoms with van der Waals surface area (Å²) in [6.45, 7) is 0.442. The van der Waals surface area contributed by atoms with E-state index in [9.17, 15) is 9.59 Å². The van der Waals surface area contributed by atoms with E-state index in [1.165, 1.54) is 0 Å². The summed E-state index contributed by atoms with van der Waals surface area (Å²) < 4.78 is 1.69. The Hall–Kier alpha value is -2.43. The van der Waals surface area contributed by atoms with Crippen LogP contribution in [-0.4, -0.2) is 26.9 Å². The second-order valence-corrected chi connectivity index (χ2v) is 3.87. The maximum absolute atomic E-state index is 10.8. The van der Waals surface area contributed by atoms with Gasteiger partial charge in [-0.1, -0.05) is 24.3 Å². The maximum Gasteiger partial charge on any atom is 0.307 e. The van der Waals surface area contributed by atoms with Crippen molar-refractivity contribution >= 4 is 12.3 Å². The summed E-state index contributed by atoms with van der Waals surface area (Å²) in [7, 11) is 0. The lowest BCUT2D eigenvalue weighted by Gasteiger charge is -2.09. The highest BCUT2D eigenvalue weighted by Gasteiger charge is 2.08. The zero-order valence-electron chi connectivity index (χ0n) is 9.61. The summed E-state index contributed by atoms with van der Waals surface area (Å²) in [6.07, 6.45) is 3.89. The molecule has 1 aromatic heterocycles. The van der Waals surface area contributed by atoms with Crippen LogP contribution in [0, 0.1) is 0 Å². The number of carbonyl (C=O) groups is 2. The number of aromatic nitrogens is 2. The lowest BCUT2D eigenvalue weighted by Crippen LogP contribution is -2.08. The van der Waals surface area contributed by atoms with Gasteiger partial charge in [-0.3, -0.25) is 9.59 Å². The molecule has 0 unspecified atom stereocenters. The van der Waals surface area contributed by atoms with Crippen molar-refractivity contribution in [3.8, 4) is 0 Å². The number of carboxylic acid groups (broad SMARTS) is 1. The number of rotatable bonds is 5. The maximum atomic E-state index is 10.8. The Morgan fingerprint density at radius 3 is 2.72 bits per heavy atom. The normalized spacial score (nSPS) is 10.2. The van der Waals surface area contributed by atoms with Gasteiger partial charge >= 0.3 is 5.97 Å². The molecule has 2 aromatic rings. The molecular formula is C13H12N2O3. The van der Waals surface area contributed by atoms with Crippen LogP contribution in [-0.2, 0) is 17.8 Å². The molecule has 0 bridgehead atoms. The molecule has 1 heterocycles. The van der Waals surface area contributed by atoms with Gasteiger partial charge in [-0.25, -0.2) is 4.98 Å². The highest BCUT2D eigenvalue weighted by Crippen LogP contribution is 2.12. The molecule has 18 heavy (non-hydrogen) atoms. The van der Waals surface area contributed by atoms with E-state index in [2.05, 4.69) is 4.98 Å². The zero-order valence-corrected chi connectivity index (χ0v) is 9.61. The van der Waals surface area contributed by atoms with E-state index in [1.54, 1.807) is 29.1 Å². The number of carbonyl (C=O) groups excluding carboxylic acids is 1. The minimum atomic E-state index is -0.872. The number of aldehydes is 1. The van der Waals surface area contributed by atoms with Crippen molar-refractivity contribution in [2.45, 2.75) is 13.0 Å². The van der Waals surface area contributed by atoms with Gasteiger partial charge in [0, 0.05) is 18.9 Å². The van der Waals surface area contributed by atoms with Crippen LogP contribution in [0.5, 0.6) is 0 Å². The van der Waals surface area contributed by atoms with Crippen molar-refractivity contribution in [3.63, 3.8) is 0 Å². The Kier molecular flexibility index (Phi) is 3.52. The smallest absolute Gasteiger partial charge is 0.307 e. The summed E-state index contributed by atoms with van der Waals surface area (Å²) in [4.78, 5) is 25.4. The third-order valence-corrected chi connectivity index (χ3v) is 2.65. The first-order valence-corrected chi connectivity index (χ1v) is 5.45. The predicted octanol–water partition coefficient (Wildman–Crippen LogP) is 1.37. The van der Waals surface area contributed by atoms with Gasteiger partial charge in [-0.05, 0) is 11.1 Å². The Morgan fingerprint density at radius 2 is 2.06 bits per heavy atom. The third kappa shape index (κ3) is 2.63. The molecule has 0 amide bonds. The van der Waals surface area contributed by atoms with Crippen LogP contribution in [0.25, 0.3) is 0 Å². The van der Waals surface area contributed by atoms with Crippen LogP contribution < -0.4 is 0 Å². The van der Waals surface area contributed by atoms with Crippen molar-refractivity contribution < 1.29 is 14.7 Å². The number of carboxylic acids is 1. The Bertz CT molecular complexity index is 575. The number of benzene rings is 1. The van der Waals surface area contributed by atoms with Gasteiger partial charge in [-0.2, -0.15) is 0 Å². The van der Waals surface area contributed by atoms with Crippen molar-refractivity contribution in [2.24, 2.45) is 0 Å². The van der Waals surface area contributed by atoms with Crippen LogP contribution in [0.2, 0.25) is 0 Å².